The minimum atomic E-state index is -0.500. The second kappa shape index (κ2) is 5.98. The molecule has 0 saturated heterocycles. The predicted molar refractivity (Wildman–Crippen MR) is 87.8 cm³/mol. The number of carbonyl (C=O) groups is 1. The number of thiazole rings is 1. The van der Waals surface area contributed by atoms with Gasteiger partial charge in [0.25, 0.3) is 0 Å². The monoisotopic (exact) mass is 335 g/mol. The zero-order chi connectivity index (χ0) is 15.7. The van der Waals surface area contributed by atoms with E-state index in [4.69, 9.17) is 16.3 Å². The van der Waals surface area contributed by atoms with Crippen LogP contribution in [0.1, 0.15) is 23.6 Å². The van der Waals surface area contributed by atoms with Crippen LogP contribution in [0.4, 0.5) is 10.5 Å². The van der Waals surface area contributed by atoms with Crippen LogP contribution in [0.2, 0.25) is 5.02 Å². The Morgan fingerprint density at radius 1 is 1.41 bits per heavy atom. The number of aromatic nitrogens is 2. The van der Waals surface area contributed by atoms with E-state index in [0.29, 0.717) is 10.7 Å². The molecule has 1 atom stereocenters. The summed E-state index contributed by atoms with van der Waals surface area (Å²) in [6, 6.07) is 6.86. The predicted octanol–water partition coefficient (Wildman–Crippen LogP) is 4.67. The van der Waals surface area contributed by atoms with E-state index in [1.54, 1.807) is 30.5 Å². The van der Waals surface area contributed by atoms with E-state index < -0.39 is 6.09 Å². The zero-order valence-electron chi connectivity index (χ0n) is 12.0. The van der Waals surface area contributed by atoms with Crippen LogP contribution >= 0.6 is 22.9 Å². The third-order valence-electron chi connectivity index (χ3n) is 3.27. The van der Waals surface area contributed by atoms with Gasteiger partial charge >= 0.3 is 6.09 Å². The zero-order valence-corrected chi connectivity index (χ0v) is 13.6. The highest BCUT2D eigenvalue weighted by Crippen LogP contribution is 2.30. The van der Waals surface area contributed by atoms with Crippen LogP contribution in [-0.2, 0) is 4.74 Å². The van der Waals surface area contributed by atoms with Crippen LogP contribution in [0.3, 0.4) is 0 Å². The van der Waals surface area contributed by atoms with Crippen molar-refractivity contribution in [2.75, 3.05) is 5.32 Å². The molecule has 5 nitrogen and oxygen atoms in total. The van der Waals surface area contributed by atoms with Crippen LogP contribution in [0.5, 0.6) is 0 Å². The Morgan fingerprint density at radius 2 is 2.14 bits per heavy atom. The number of anilines is 1. The lowest BCUT2D eigenvalue weighted by Gasteiger charge is -2.13. The van der Waals surface area contributed by atoms with Gasteiger partial charge in [0.15, 0.2) is 4.96 Å². The highest BCUT2D eigenvalue weighted by atomic mass is 35.5. The number of hydrogen-bond acceptors (Lipinski definition) is 4. The number of benzene rings is 1. The van der Waals surface area contributed by atoms with Gasteiger partial charge in [-0.15, -0.1) is 0 Å². The number of carbonyl (C=O) groups excluding carboxylic acids is 1. The molecule has 7 heteroatoms. The lowest BCUT2D eigenvalue weighted by atomic mass is 10.3. The first-order chi connectivity index (χ1) is 10.5. The Bertz CT molecular complexity index is 810. The largest absolute Gasteiger partial charge is 0.440 e. The quantitative estimate of drug-likeness (QED) is 0.756. The molecule has 0 aliphatic heterocycles. The van der Waals surface area contributed by atoms with Crippen LogP contribution in [0.15, 0.2) is 36.7 Å². The molecule has 0 bridgehead atoms. The van der Waals surface area contributed by atoms with Crippen molar-refractivity contribution >= 4 is 39.7 Å². The number of halogens is 1. The molecular formula is C15H14ClN3O2S. The van der Waals surface area contributed by atoms with E-state index in [1.165, 1.54) is 11.3 Å². The maximum atomic E-state index is 12.0. The molecule has 1 amide bonds. The molecule has 114 valence electrons. The number of aryl methyl sites for hydroxylation is 1. The van der Waals surface area contributed by atoms with E-state index in [9.17, 15) is 4.79 Å². The Balaban J connectivity index is 1.69. The lowest BCUT2D eigenvalue weighted by molar-refractivity contribution is 0.122. The molecule has 0 aliphatic carbocycles. The Kier molecular flexibility index (Phi) is 4.04. The molecule has 0 spiro atoms. The first-order valence-corrected chi connectivity index (χ1v) is 7.89. The maximum absolute atomic E-state index is 12.0. The van der Waals surface area contributed by atoms with Gasteiger partial charge in [0.1, 0.15) is 6.10 Å². The molecule has 3 aromatic rings. The number of imidazole rings is 1. The number of amides is 1. The topological polar surface area (TPSA) is 55.6 Å². The molecule has 0 aliphatic rings. The van der Waals surface area contributed by atoms with Crippen molar-refractivity contribution in [3.8, 4) is 0 Å². The fourth-order valence-corrected chi connectivity index (χ4v) is 3.38. The molecule has 0 radical (unpaired) electrons. The highest BCUT2D eigenvalue weighted by Gasteiger charge is 2.18. The first kappa shape index (κ1) is 14.9. The number of ether oxygens (including phenoxy) is 1. The minimum absolute atomic E-state index is 0.348. The highest BCUT2D eigenvalue weighted by molar-refractivity contribution is 7.17. The summed E-state index contributed by atoms with van der Waals surface area (Å²) in [5, 5.41) is 3.29. The van der Waals surface area contributed by atoms with Crippen molar-refractivity contribution in [1.82, 2.24) is 9.38 Å². The van der Waals surface area contributed by atoms with E-state index >= 15 is 0 Å². The molecular weight excluding hydrogens is 322 g/mol. The summed E-state index contributed by atoms with van der Waals surface area (Å²) < 4.78 is 7.42. The number of nitrogens with one attached hydrogen (secondary N) is 1. The third-order valence-corrected chi connectivity index (χ3v) is 4.85. The van der Waals surface area contributed by atoms with Crippen molar-refractivity contribution in [2.24, 2.45) is 0 Å². The lowest BCUT2D eigenvalue weighted by Crippen LogP contribution is -2.16. The smallest absolute Gasteiger partial charge is 0.412 e. The van der Waals surface area contributed by atoms with E-state index in [1.807, 2.05) is 24.4 Å². The normalized spacial score (nSPS) is 12.3. The van der Waals surface area contributed by atoms with E-state index in [2.05, 4.69) is 10.3 Å². The second-order valence-electron chi connectivity index (χ2n) is 4.81. The van der Waals surface area contributed by atoms with Gasteiger partial charge in [-0.2, -0.15) is 0 Å². The summed E-state index contributed by atoms with van der Waals surface area (Å²) in [6.07, 6.45) is 2.80. The summed E-state index contributed by atoms with van der Waals surface area (Å²) in [5.74, 6) is 0. The molecule has 1 N–H and O–H groups in total. The van der Waals surface area contributed by atoms with Crippen molar-refractivity contribution in [1.29, 1.82) is 0 Å². The SMILES string of the molecule is Cc1c([C@H](C)OC(=O)Nc2ccc(Cl)cc2)sc2nccn12. The average molecular weight is 336 g/mol. The first-order valence-electron chi connectivity index (χ1n) is 6.70. The minimum Gasteiger partial charge on any atom is -0.440 e. The number of hydrogen-bond donors (Lipinski definition) is 1. The number of fused-ring (bicyclic) bond motifs is 1. The van der Waals surface area contributed by atoms with Gasteiger partial charge in [-0.3, -0.25) is 9.72 Å². The Morgan fingerprint density at radius 3 is 2.82 bits per heavy atom. The summed E-state index contributed by atoms with van der Waals surface area (Å²) in [6.45, 7) is 3.83. The van der Waals surface area contributed by atoms with Crippen LogP contribution < -0.4 is 5.32 Å². The van der Waals surface area contributed by atoms with Gasteiger partial charge in [0.05, 0.1) is 4.88 Å². The van der Waals surface area contributed by atoms with Gasteiger partial charge < -0.3 is 4.74 Å². The van der Waals surface area contributed by atoms with Crippen molar-refractivity contribution in [2.45, 2.75) is 20.0 Å². The van der Waals surface area contributed by atoms with Gasteiger partial charge in [-0.05, 0) is 38.1 Å². The summed E-state index contributed by atoms with van der Waals surface area (Å²) in [4.78, 5) is 18.1. The van der Waals surface area contributed by atoms with E-state index in [-0.39, 0.29) is 6.10 Å². The maximum Gasteiger partial charge on any atom is 0.412 e. The van der Waals surface area contributed by atoms with Crippen LogP contribution in [0.25, 0.3) is 4.96 Å². The Hall–Kier alpha value is -2.05. The Labute approximate surface area is 136 Å². The molecule has 1 aromatic carbocycles. The molecule has 3 rings (SSSR count). The standard InChI is InChI=1S/C15H14ClN3O2S/c1-9-13(22-14-17-7-8-19(9)14)10(2)21-15(20)18-12-5-3-11(16)4-6-12/h3-8,10H,1-2H3,(H,18,20)/t10-/m0/s1. The van der Waals surface area contributed by atoms with E-state index in [0.717, 1.165) is 15.5 Å². The van der Waals surface area contributed by atoms with Crippen LogP contribution in [0, 0.1) is 6.92 Å². The molecule has 0 unspecified atom stereocenters. The fourth-order valence-electron chi connectivity index (χ4n) is 2.18. The van der Waals surface area contributed by atoms with Crippen molar-refractivity contribution in [3.05, 3.63) is 52.3 Å². The van der Waals surface area contributed by atoms with Gasteiger partial charge in [0, 0.05) is 28.8 Å². The summed E-state index contributed by atoms with van der Waals surface area (Å²) in [7, 11) is 0. The molecule has 0 fully saturated rings. The van der Waals surface area contributed by atoms with Gasteiger partial charge in [-0.1, -0.05) is 22.9 Å². The van der Waals surface area contributed by atoms with Crippen molar-refractivity contribution < 1.29 is 9.53 Å². The average Bonchev–Trinajstić information content (AvgIpc) is 3.05. The molecule has 0 saturated carbocycles. The van der Waals surface area contributed by atoms with Gasteiger partial charge in [-0.25, -0.2) is 9.78 Å². The molecule has 22 heavy (non-hydrogen) atoms. The van der Waals surface area contributed by atoms with Crippen LogP contribution in [-0.4, -0.2) is 15.5 Å². The summed E-state index contributed by atoms with van der Waals surface area (Å²) >= 11 is 7.33. The molecule has 2 heterocycles. The fraction of sp³-hybridized carbons (Fsp3) is 0.200. The molecule has 2 aromatic heterocycles. The van der Waals surface area contributed by atoms with Gasteiger partial charge in [0.2, 0.25) is 0 Å². The summed E-state index contributed by atoms with van der Waals surface area (Å²) in [5.41, 5.74) is 1.67. The third kappa shape index (κ3) is 2.93. The number of nitrogens with zero attached hydrogens (tertiary/aromatic N) is 2. The van der Waals surface area contributed by atoms with Crippen molar-refractivity contribution in [3.63, 3.8) is 0 Å². The second-order valence-corrected chi connectivity index (χ2v) is 6.26. The number of rotatable bonds is 3.